The highest BCUT2D eigenvalue weighted by atomic mass is 32.1. The predicted octanol–water partition coefficient (Wildman–Crippen LogP) is 17.6. The third-order valence-electron chi connectivity index (χ3n) is 13.4. The van der Waals surface area contributed by atoms with Crippen molar-refractivity contribution >= 4 is 92.3 Å². The molecule has 0 aliphatic rings. The number of nitrogens with zero attached hydrogens (tertiary/aromatic N) is 2. The van der Waals surface area contributed by atoms with Gasteiger partial charge in [0.2, 0.25) is 0 Å². The number of thiophene rings is 1. The number of hydrogen-bond donors (Lipinski definition) is 0. The lowest BCUT2D eigenvalue weighted by molar-refractivity contribution is 0.669. The zero-order valence-corrected chi connectivity index (χ0v) is 36.8. The molecule has 0 amide bonds. The molecule has 0 fully saturated rings. The molecule has 10 aromatic carbocycles. The van der Waals surface area contributed by atoms with Crippen molar-refractivity contribution in [2.45, 2.75) is 12.3 Å². The van der Waals surface area contributed by atoms with Gasteiger partial charge in [0.05, 0.1) is 16.7 Å². The van der Waals surface area contributed by atoms with Crippen LogP contribution in [-0.2, 0) is 6.42 Å². The number of fused-ring (bicyclic) bond motifs is 9. The highest BCUT2D eigenvalue weighted by Gasteiger charge is 2.22. The molecule has 3 heterocycles. The van der Waals surface area contributed by atoms with Gasteiger partial charge < -0.3 is 13.9 Å². The number of furan rings is 1. The number of para-hydroxylation sites is 4. The number of benzene rings is 10. The molecule has 0 saturated carbocycles. The van der Waals surface area contributed by atoms with Gasteiger partial charge in [0.1, 0.15) is 11.2 Å². The summed E-state index contributed by atoms with van der Waals surface area (Å²) in [7, 11) is 0. The molecule has 4 heteroatoms. The van der Waals surface area contributed by atoms with E-state index in [0.717, 1.165) is 56.5 Å². The molecule has 312 valence electrons. The molecule has 0 spiro atoms. The molecule has 1 unspecified atom stereocenters. The Morgan fingerprint density at radius 3 is 1.91 bits per heavy atom. The van der Waals surface area contributed by atoms with Crippen molar-refractivity contribution < 1.29 is 4.42 Å². The Labute approximate surface area is 386 Å². The predicted molar refractivity (Wildman–Crippen MR) is 279 cm³/mol. The Balaban J connectivity index is 0.935. The molecular weight excluding hydrogens is 821 g/mol. The molecule has 0 saturated heterocycles. The molecule has 3 aromatic heterocycles. The second kappa shape index (κ2) is 15.8. The first-order chi connectivity index (χ1) is 32.7. The van der Waals surface area contributed by atoms with Gasteiger partial charge in [-0.25, -0.2) is 0 Å². The van der Waals surface area contributed by atoms with Crippen LogP contribution < -0.4 is 4.90 Å². The van der Waals surface area contributed by atoms with Gasteiger partial charge in [-0.1, -0.05) is 158 Å². The molecule has 13 rings (SSSR count). The average Bonchev–Trinajstić information content (AvgIpc) is 4.04. The summed E-state index contributed by atoms with van der Waals surface area (Å²) in [6, 6.07) is 86.2. The lowest BCUT2D eigenvalue weighted by Gasteiger charge is -2.28. The molecule has 0 aliphatic carbocycles. The molecular formula is C62H42N2OS. The summed E-state index contributed by atoms with van der Waals surface area (Å²) >= 11 is 1.88. The number of rotatable bonds is 9. The van der Waals surface area contributed by atoms with Crippen LogP contribution in [0.25, 0.3) is 80.7 Å². The Bertz CT molecular complexity index is 3900. The molecule has 0 radical (unpaired) electrons. The fourth-order valence-corrected chi connectivity index (χ4v) is 11.4. The van der Waals surface area contributed by atoms with Gasteiger partial charge in [0.15, 0.2) is 0 Å². The van der Waals surface area contributed by atoms with E-state index in [1.807, 2.05) is 23.5 Å². The highest BCUT2D eigenvalue weighted by molar-refractivity contribution is 7.25. The smallest absolute Gasteiger partial charge is 0.137 e. The quantitative estimate of drug-likeness (QED) is 0.144. The Morgan fingerprint density at radius 1 is 0.424 bits per heavy atom. The van der Waals surface area contributed by atoms with Crippen LogP contribution in [-0.4, -0.2) is 4.57 Å². The van der Waals surface area contributed by atoms with Crippen LogP contribution in [0.15, 0.2) is 241 Å². The molecule has 0 bridgehead atoms. The van der Waals surface area contributed by atoms with Gasteiger partial charge >= 0.3 is 0 Å². The first-order valence-corrected chi connectivity index (χ1v) is 23.5. The van der Waals surface area contributed by atoms with E-state index < -0.39 is 0 Å². The molecule has 3 nitrogen and oxygen atoms in total. The van der Waals surface area contributed by atoms with E-state index in [1.165, 1.54) is 64.4 Å². The zero-order chi connectivity index (χ0) is 43.6. The van der Waals surface area contributed by atoms with Gasteiger partial charge in [-0.3, -0.25) is 0 Å². The van der Waals surface area contributed by atoms with Gasteiger partial charge in [-0.15, -0.1) is 11.3 Å². The maximum absolute atomic E-state index is 6.41. The topological polar surface area (TPSA) is 21.3 Å². The van der Waals surface area contributed by atoms with Crippen LogP contribution in [0.4, 0.5) is 17.1 Å². The zero-order valence-electron chi connectivity index (χ0n) is 36.0. The van der Waals surface area contributed by atoms with Crippen molar-refractivity contribution in [3.05, 3.63) is 253 Å². The SMILES string of the molecule is c1ccc(CC(c2ccc(-c3ccccc3N(c3ccccc3)c3ccc4c(c3)oc3ccccc34)cc2)c2ccc3c4cc5c(cc4n(-c4ccccc4)c3c2)sc2ccccc25)cc1. The van der Waals surface area contributed by atoms with E-state index in [2.05, 4.69) is 234 Å². The summed E-state index contributed by atoms with van der Waals surface area (Å²) in [5.41, 5.74) is 14.8. The van der Waals surface area contributed by atoms with E-state index in [9.17, 15) is 0 Å². The summed E-state index contributed by atoms with van der Waals surface area (Å²) in [5.74, 6) is 0.118. The summed E-state index contributed by atoms with van der Waals surface area (Å²) in [6.45, 7) is 0. The molecule has 0 N–H and O–H groups in total. The van der Waals surface area contributed by atoms with Crippen LogP contribution in [0.3, 0.4) is 0 Å². The standard InChI is InChI=1S/C62H42N2OS/c1-4-16-41(17-5-1)36-53(44-32-34-49-54-39-55-52-24-12-15-27-61(52)66-62(55)40-58(54)64(57(49)37-44)46-20-8-3-9-21-46)43-30-28-42(29-31-43)48-22-10-13-25-56(48)63(45-18-6-2-7-19-45)47-33-35-51-50-23-11-14-26-59(50)65-60(51)38-47/h1-35,37-40,53H,36H2. The maximum atomic E-state index is 6.41. The van der Waals surface area contributed by atoms with Crippen molar-refractivity contribution in [3.63, 3.8) is 0 Å². The maximum Gasteiger partial charge on any atom is 0.137 e. The van der Waals surface area contributed by atoms with Crippen LogP contribution >= 0.6 is 11.3 Å². The largest absolute Gasteiger partial charge is 0.456 e. The fourth-order valence-electron chi connectivity index (χ4n) is 10.3. The Hall–Kier alpha value is -8.18. The first-order valence-electron chi connectivity index (χ1n) is 22.7. The van der Waals surface area contributed by atoms with Crippen LogP contribution in [0.1, 0.15) is 22.6 Å². The average molecular weight is 863 g/mol. The van der Waals surface area contributed by atoms with Gasteiger partial charge in [0, 0.05) is 76.3 Å². The number of anilines is 3. The number of aromatic nitrogens is 1. The van der Waals surface area contributed by atoms with Gasteiger partial charge in [-0.05, 0) is 101 Å². The van der Waals surface area contributed by atoms with Gasteiger partial charge in [-0.2, -0.15) is 0 Å². The van der Waals surface area contributed by atoms with Crippen LogP contribution in [0, 0.1) is 0 Å². The molecule has 1 atom stereocenters. The van der Waals surface area contributed by atoms with Crippen molar-refractivity contribution in [2.24, 2.45) is 0 Å². The summed E-state index contributed by atoms with van der Waals surface area (Å²) in [4.78, 5) is 2.35. The second-order valence-corrected chi connectivity index (χ2v) is 18.3. The Morgan fingerprint density at radius 2 is 1.08 bits per heavy atom. The first kappa shape index (κ1) is 38.3. The van der Waals surface area contributed by atoms with Crippen molar-refractivity contribution in [1.29, 1.82) is 0 Å². The summed E-state index contributed by atoms with van der Waals surface area (Å²) < 4.78 is 11.5. The third-order valence-corrected chi connectivity index (χ3v) is 14.5. The van der Waals surface area contributed by atoms with E-state index in [0.29, 0.717) is 0 Å². The lowest BCUT2D eigenvalue weighted by Crippen LogP contribution is -2.11. The summed E-state index contributed by atoms with van der Waals surface area (Å²) in [5, 5.41) is 7.43. The van der Waals surface area contributed by atoms with E-state index in [-0.39, 0.29) is 5.92 Å². The van der Waals surface area contributed by atoms with Crippen molar-refractivity contribution in [1.82, 2.24) is 4.57 Å². The normalized spacial score (nSPS) is 12.2. The van der Waals surface area contributed by atoms with E-state index in [4.69, 9.17) is 4.42 Å². The minimum absolute atomic E-state index is 0.118. The third kappa shape index (κ3) is 6.49. The van der Waals surface area contributed by atoms with Crippen molar-refractivity contribution in [2.75, 3.05) is 4.90 Å². The minimum Gasteiger partial charge on any atom is -0.456 e. The minimum atomic E-state index is 0.118. The fraction of sp³-hybridized carbons (Fsp3) is 0.0323. The van der Waals surface area contributed by atoms with Crippen LogP contribution in [0.5, 0.6) is 0 Å². The summed E-state index contributed by atoms with van der Waals surface area (Å²) in [6.07, 6.45) is 0.877. The second-order valence-electron chi connectivity index (χ2n) is 17.2. The highest BCUT2D eigenvalue weighted by Crippen LogP contribution is 2.45. The molecule has 13 aromatic rings. The molecule has 66 heavy (non-hydrogen) atoms. The molecule has 0 aliphatic heterocycles. The van der Waals surface area contributed by atoms with E-state index in [1.54, 1.807) is 0 Å². The van der Waals surface area contributed by atoms with E-state index >= 15 is 0 Å². The van der Waals surface area contributed by atoms with Gasteiger partial charge in [0.25, 0.3) is 0 Å². The van der Waals surface area contributed by atoms with Crippen LogP contribution in [0.2, 0.25) is 0 Å². The monoisotopic (exact) mass is 862 g/mol. The number of hydrogen-bond acceptors (Lipinski definition) is 3. The Kier molecular flexibility index (Phi) is 9.17. The van der Waals surface area contributed by atoms with Crippen molar-refractivity contribution in [3.8, 4) is 16.8 Å². The lowest BCUT2D eigenvalue weighted by atomic mass is 9.85.